The second-order valence-electron chi connectivity index (χ2n) is 5.16. The number of hydrogen-bond donors (Lipinski definition) is 2. The average molecular weight is 322 g/mol. The van der Waals surface area contributed by atoms with E-state index < -0.39 is 21.9 Å². The molecule has 0 radical (unpaired) electrons. The summed E-state index contributed by atoms with van der Waals surface area (Å²) in [7, 11) is 2.74. The summed E-state index contributed by atoms with van der Waals surface area (Å²) in [5, 5.41) is 14.2. The fraction of sp³-hybridized carbons (Fsp3) is 0.462. The van der Waals surface area contributed by atoms with Gasteiger partial charge < -0.3 is 11.1 Å². The molecule has 23 heavy (non-hydrogen) atoms. The molecule has 0 unspecified atom stereocenters. The molecule has 0 aliphatic carbocycles. The van der Waals surface area contributed by atoms with Crippen LogP contribution in [0.25, 0.3) is 11.0 Å². The Morgan fingerprint density at radius 2 is 1.96 bits per heavy atom. The van der Waals surface area contributed by atoms with Crippen LogP contribution in [-0.2, 0) is 14.1 Å². The van der Waals surface area contributed by atoms with Crippen molar-refractivity contribution in [3.8, 4) is 0 Å². The molecule has 0 aromatic carbocycles. The van der Waals surface area contributed by atoms with Crippen molar-refractivity contribution in [1.29, 1.82) is 0 Å². The molecule has 0 fully saturated rings. The van der Waals surface area contributed by atoms with Gasteiger partial charge in [-0.15, -0.1) is 0 Å². The van der Waals surface area contributed by atoms with Crippen LogP contribution in [0.4, 0.5) is 17.2 Å². The summed E-state index contributed by atoms with van der Waals surface area (Å²) in [5.74, 6) is -0.343. The molecule has 0 atom stereocenters. The lowest BCUT2D eigenvalue weighted by atomic mass is 10.2. The SMILES string of the molecule is CCCCNc1c([N+](=O)[O-])c(N)nc2c1c(=O)n(C)c(=O)n2C. The lowest BCUT2D eigenvalue weighted by Gasteiger charge is -2.13. The summed E-state index contributed by atoms with van der Waals surface area (Å²) in [6, 6.07) is 0. The molecule has 0 spiro atoms. The van der Waals surface area contributed by atoms with Crippen LogP contribution in [0.15, 0.2) is 9.59 Å². The van der Waals surface area contributed by atoms with Gasteiger partial charge in [0, 0.05) is 20.6 Å². The van der Waals surface area contributed by atoms with Gasteiger partial charge in [-0.1, -0.05) is 13.3 Å². The maximum absolute atomic E-state index is 12.4. The van der Waals surface area contributed by atoms with Crippen molar-refractivity contribution in [2.45, 2.75) is 19.8 Å². The summed E-state index contributed by atoms with van der Waals surface area (Å²) in [6.07, 6.45) is 1.63. The summed E-state index contributed by atoms with van der Waals surface area (Å²) < 4.78 is 2.02. The Morgan fingerprint density at radius 3 is 2.52 bits per heavy atom. The van der Waals surface area contributed by atoms with Crippen LogP contribution in [0.2, 0.25) is 0 Å². The molecule has 2 aromatic heterocycles. The fourth-order valence-corrected chi connectivity index (χ4v) is 2.34. The number of pyridine rings is 1. The number of nitrogen functional groups attached to an aromatic ring is 1. The predicted octanol–water partition coefficient (Wildman–Crippen LogP) is 0.335. The number of hydrogen-bond acceptors (Lipinski definition) is 7. The van der Waals surface area contributed by atoms with Gasteiger partial charge in [-0.2, -0.15) is 0 Å². The fourth-order valence-electron chi connectivity index (χ4n) is 2.34. The first-order valence-corrected chi connectivity index (χ1v) is 7.08. The molecule has 0 aliphatic heterocycles. The van der Waals surface area contributed by atoms with Gasteiger partial charge in [-0.3, -0.25) is 24.0 Å². The van der Waals surface area contributed by atoms with Crippen molar-refractivity contribution in [3.63, 3.8) is 0 Å². The molecule has 0 bridgehead atoms. The van der Waals surface area contributed by atoms with Gasteiger partial charge in [0.1, 0.15) is 11.1 Å². The number of nitrogens with two attached hydrogens (primary N) is 1. The average Bonchev–Trinajstić information content (AvgIpc) is 2.50. The van der Waals surface area contributed by atoms with E-state index in [1.54, 1.807) is 0 Å². The zero-order valence-electron chi connectivity index (χ0n) is 13.1. The lowest BCUT2D eigenvalue weighted by Crippen LogP contribution is -2.38. The molecule has 0 saturated carbocycles. The number of unbranched alkanes of at least 4 members (excludes halogenated alkanes) is 1. The standard InChI is InChI=1S/C13H18N6O4/c1-4-5-6-15-8-7-11(16-10(14)9(8)19(22)23)17(2)13(21)18(3)12(7)20/h4-6H2,1-3H3,(H3,14,15,16). The van der Waals surface area contributed by atoms with Gasteiger partial charge >= 0.3 is 11.4 Å². The minimum atomic E-state index is -0.680. The largest absolute Gasteiger partial charge is 0.379 e. The van der Waals surface area contributed by atoms with Crippen LogP contribution in [0, 0.1) is 10.1 Å². The molecule has 2 heterocycles. The summed E-state index contributed by atoms with van der Waals surface area (Å²) in [6.45, 7) is 2.40. The maximum atomic E-state index is 12.4. The molecule has 2 aromatic rings. The third-order valence-electron chi connectivity index (χ3n) is 3.60. The second kappa shape index (κ2) is 6.07. The van der Waals surface area contributed by atoms with Crippen LogP contribution in [0.3, 0.4) is 0 Å². The Morgan fingerprint density at radius 1 is 1.30 bits per heavy atom. The number of nitrogens with zero attached hydrogens (tertiary/aromatic N) is 4. The van der Waals surface area contributed by atoms with Crippen molar-refractivity contribution in [2.75, 3.05) is 17.6 Å². The van der Waals surface area contributed by atoms with Gasteiger partial charge in [-0.05, 0) is 6.42 Å². The molecular weight excluding hydrogens is 304 g/mol. The van der Waals surface area contributed by atoms with Gasteiger partial charge in [0.15, 0.2) is 5.65 Å². The topological polar surface area (TPSA) is 138 Å². The highest BCUT2D eigenvalue weighted by Gasteiger charge is 2.27. The third-order valence-corrected chi connectivity index (χ3v) is 3.60. The highest BCUT2D eigenvalue weighted by atomic mass is 16.6. The Bertz CT molecular complexity index is 898. The number of aryl methyl sites for hydroxylation is 1. The molecule has 0 amide bonds. The normalized spacial score (nSPS) is 10.9. The van der Waals surface area contributed by atoms with Crippen LogP contribution in [-0.4, -0.2) is 25.6 Å². The third kappa shape index (κ3) is 2.62. The van der Waals surface area contributed by atoms with Crippen molar-refractivity contribution in [1.82, 2.24) is 14.1 Å². The Hall–Kier alpha value is -2.91. The first-order chi connectivity index (χ1) is 10.8. The van der Waals surface area contributed by atoms with Crippen LogP contribution < -0.4 is 22.3 Å². The summed E-state index contributed by atoms with van der Waals surface area (Å²) in [4.78, 5) is 39.0. The number of nitro groups is 1. The van der Waals surface area contributed by atoms with Gasteiger partial charge in [-0.25, -0.2) is 9.78 Å². The van der Waals surface area contributed by atoms with Crippen molar-refractivity contribution < 1.29 is 4.92 Å². The van der Waals surface area contributed by atoms with Gasteiger partial charge in [0.05, 0.1) is 4.92 Å². The highest BCUT2D eigenvalue weighted by molar-refractivity contribution is 5.97. The van der Waals surface area contributed by atoms with E-state index in [2.05, 4.69) is 10.3 Å². The van der Waals surface area contributed by atoms with Crippen molar-refractivity contribution >= 4 is 28.2 Å². The van der Waals surface area contributed by atoms with E-state index in [9.17, 15) is 19.7 Å². The summed E-state index contributed by atoms with van der Waals surface area (Å²) >= 11 is 0. The first-order valence-electron chi connectivity index (χ1n) is 7.08. The molecule has 10 heteroatoms. The molecule has 0 aliphatic rings. The van der Waals surface area contributed by atoms with Gasteiger partial charge in [0.2, 0.25) is 5.82 Å². The Labute approximate surface area is 130 Å². The van der Waals surface area contributed by atoms with Crippen LogP contribution in [0.1, 0.15) is 19.8 Å². The minimum Gasteiger partial charge on any atom is -0.379 e. The first kappa shape index (κ1) is 16.5. The molecular formula is C13H18N6O4. The van der Waals surface area contributed by atoms with Crippen LogP contribution >= 0.6 is 0 Å². The Kier molecular flexibility index (Phi) is 4.34. The van der Waals surface area contributed by atoms with Crippen molar-refractivity contribution in [3.05, 3.63) is 31.0 Å². The molecule has 2 rings (SSSR count). The van der Waals surface area contributed by atoms with Crippen molar-refractivity contribution in [2.24, 2.45) is 14.1 Å². The number of anilines is 2. The van der Waals surface area contributed by atoms with Gasteiger partial charge in [0.25, 0.3) is 5.56 Å². The van der Waals surface area contributed by atoms with E-state index in [0.29, 0.717) is 6.54 Å². The maximum Gasteiger partial charge on any atom is 0.334 e. The van der Waals surface area contributed by atoms with Crippen LogP contribution in [0.5, 0.6) is 0 Å². The quantitative estimate of drug-likeness (QED) is 0.459. The molecule has 3 N–H and O–H groups in total. The van der Waals surface area contributed by atoms with E-state index in [4.69, 9.17) is 5.73 Å². The van der Waals surface area contributed by atoms with E-state index in [-0.39, 0.29) is 22.5 Å². The number of aromatic nitrogens is 3. The highest BCUT2D eigenvalue weighted by Crippen LogP contribution is 2.34. The number of nitrogens with one attached hydrogen (secondary N) is 1. The van der Waals surface area contributed by atoms with E-state index >= 15 is 0 Å². The predicted molar refractivity (Wildman–Crippen MR) is 86.7 cm³/mol. The smallest absolute Gasteiger partial charge is 0.334 e. The molecule has 124 valence electrons. The lowest BCUT2D eigenvalue weighted by molar-refractivity contribution is -0.383. The number of fused-ring (bicyclic) bond motifs is 1. The second-order valence-corrected chi connectivity index (χ2v) is 5.16. The zero-order chi connectivity index (χ0) is 17.3. The molecule has 10 nitrogen and oxygen atoms in total. The van der Waals surface area contributed by atoms with E-state index in [0.717, 1.165) is 22.0 Å². The number of rotatable bonds is 5. The summed E-state index contributed by atoms with van der Waals surface area (Å²) in [5.41, 5.74) is 4.01. The molecule has 0 saturated heterocycles. The zero-order valence-corrected chi connectivity index (χ0v) is 13.1. The minimum absolute atomic E-state index is 0.00199. The monoisotopic (exact) mass is 322 g/mol. The van der Waals surface area contributed by atoms with E-state index in [1.807, 2.05) is 6.92 Å². The van der Waals surface area contributed by atoms with E-state index in [1.165, 1.54) is 14.1 Å². The Balaban J connectivity index is 2.95.